The highest BCUT2D eigenvalue weighted by atomic mass is 16.5. The minimum absolute atomic E-state index is 0.713. The zero-order valence-corrected chi connectivity index (χ0v) is 20.0. The van der Waals surface area contributed by atoms with Gasteiger partial charge in [-0.3, -0.25) is 0 Å². The van der Waals surface area contributed by atoms with Crippen LogP contribution in [0.5, 0.6) is 34.5 Å². The van der Waals surface area contributed by atoms with Crippen LogP contribution in [-0.4, -0.2) is 42.7 Å². The molecule has 0 unspecified atom stereocenters. The third-order valence-corrected chi connectivity index (χ3v) is 6.26. The zero-order valence-electron chi connectivity index (χ0n) is 20.0. The summed E-state index contributed by atoms with van der Waals surface area (Å²) in [7, 11) is 9.96. The third-order valence-electron chi connectivity index (χ3n) is 6.26. The van der Waals surface area contributed by atoms with Gasteiger partial charge in [-0.05, 0) is 89.0 Å². The van der Waals surface area contributed by atoms with Crippen molar-refractivity contribution < 1.29 is 28.4 Å². The van der Waals surface area contributed by atoms with Crippen molar-refractivity contribution in [1.82, 2.24) is 0 Å². The Balaban J connectivity index is 1.99. The van der Waals surface area contributed by atoms with Gasteiger partial charge in [-0.25, -0.2) is 0 Å². The minimum Gasteiger partial charge on any atom is -0.493 e. The maximum atomic E-state index is 5.61. The first-order chi connectivity index (χ1) is 16.0. The van der Waals surface area contributed by atoms with Gasteiger partial charge in [0.05, 0.1) is 42.7 Å². The number of rotatable bonds is 6. The smallest absolute Gasteiger partial charge is 0.161 e. The van der Waals surface area contributed by atoms with Crippen molar-refractivity contribution in [3.05, 3.63) is 69.8 Å². The van der Waals surface area contributed by atoms with Crippen LogP contribution in [0.1, 0.15) is 33.4 Å². The molecule has 0 amide bonds. The monoisotopic (exact) mass is 450 g/mol. The van der Waals surface area contributed by atoms with E-state index in [4.69, 9.17) is 28.4 Å². The lowest BCUT2D eigenvalue weighted by molar-refractivity contribution is 0.353. The Hall–Kier alpha value is -3.54. The summed E-state index contributed by atoms with van der Waals surface area (Å²) >= 11 is 0. The second-order valence-corrected chi connectivity index (χ2v) is 7.96. The number of hydrogen-bond donors (Lipinski definition) is 0. The van der Waals surface area contributed by atoms with E-state index in [2.05, 4.69) is 36.4 Å². The molecule has 0 radical (unpaired) electrons. The SMILES string of the molecule is COc1cc2c(cc1OC)Cc1cc(OC)c(OC)cc1Cc1cc(OC)c(OC)cc1C2. The van der Waals surface area contributed by atoms with Gasteiger partial charge in [0, 0.05) is 0 Å². The van der Waals surface area contributed by atoms with E-state index in [1.54, 1.807) is 42.7 Å². The Morgan fingerprint density at radius 1 is 0.333 bits per heavy atom. The molecule has 3 aromatic rings. The van der Waals surface area contributed by atoms with E-state index in [1.165, 1.54) is 33.4 Å². The lowest BCUT2D eigenvalue weighted by Crippen LogP contribution is -2.02. The topological polar surface area (TPSA) is 55.4 Å². The van der Waals surface area contributed by atoms with Gasteiger partial charge in [0.25, 0.3) is 0 Å². The molecule has 1 aliphatic carbocycles. The number of hydrogen-bond acceptors (Lipinski definition) is 6. The first kappa shape index (κ1) is 22.6. The van der Waals surface area contributed by atoms with Gasteiger partial charge in [0.1, 0.15) is 0 Å². The van der Waals surface area contributed by atoms with Crippen molar-refractivity contribution in [2.24, 2.45) is 0 Å². The van der Waals surface area contributed by atoms with Crippen molar-refractivity contribution in [2.75, 3.05) is 42.7 Å². The predicted molar refractivity (Wildman–Crippen MR) is 127 cm³/mol. The van der Waals surface area contributed by atoms with E-state index in [0.29, 0.717) is 34.5 Å². The molecule has 0 aliphatic heterocycles. The summed E-state index contributed by atoms with van der Waals surface area (Å²) in [6, 6.07) is 12.4. The molecule has 0 fully saturated rings. The molecular formula is C27H30O6. The third kappa shape index (κ3) is 4.25. The summed E-state index contributed by atoms with van der Waals surface area (Å²) in [5.74, 6) is 4.28. The van der Waals surface area contributed by atoms with E-state index in [0.717, 1.165) is 19.3 Å². The van der Waals surface area contributed by atoms with Crippen LogP contribution in [-0.2, 0) is 19.3 Å². The quantitative estimate of drug-likeness (QED) is 0.420. The molecule has 0 bridgehead atoms. The molecule has 0 spiro atoms. The predicted octanol–water partition coefficient (Wildman–Crippen LogP) is 4.82. The van der Waals surface area contributed by atoms with Gasteiger partial charge < -0.3 is 28.4 Å². The molecule has 6 heteroatoms. The van der Waals surface area contributed by atoms with Crippen LogP contribution < -0.4 is 28.4 Å². The maximum Gasteiger partial charge on any atom is 0.161 e. The fraction of sp³-hybridized carbons (Fsp3) is 0.333. The second kappa shape index (κ2) is 9.53. The fourth-order valence-electron chi connectivity index (χ4n) is 4.49. The lowest BCUT2D eigenvalue weighted by atomic mass is 9.94. The van der Waals surface area contributed by atoms with Crippen LogP contribution in [0.2, 0.25) is 0 Å². The van der Waals surface area contributed by atoms with Crippen LogP contribution in [0, 0.1) is 0 Å². The highest BCUT2D eigenvalue weighted by Crippen LogP contribution is 2.40. The Bertz CT molecular complexity index is 935. The number of ether oxygens (including phenoxy) is 6. The molecule has 174 valence electrons. The largest absolute Gasteiger partial charge is 0.493 e. The van der Waals surface area contributed by atoms with E-state index >= 15 is 0 Å². The number of benzene rings is 3. The Kier molecular flexibility index (Phi) is 6.54. The van der Waals surface area contributed by atoms with E-state index < -0.39 is 0 Å². The van der Waals surface area contributed by atoms with Crippen LogP contribution in [0.4, 0.5) is 0 Å². The molecule has 0 N–H and O–H groups in total. The normalized spacial score (nSPS) is 12.2. The average Bonchev–Trinajstić information content (AvgIpc) is 2.90. The van der Waals surface area contributed by atoms with Crippen molar-refractivity contribution in [3.8, 4) is 34.5 Å². The molecule has 1 aliphatic rings. The minimum atomic E-state index is 0.713. The molecular weight excluding hydrogens is 420 g/mol. The Labute approximate surface area is 195 Å². The van der Waals surface area contributed by atoms with Crippen LogP contribution in [0.3, 0.4) is 0 Å². The van der Waals surface area contributed by atoms with Crippen LogP contribution in [0.25, 0.3) is 0 Å². The zero-order chi connectivity index (χ0) is 23.5. The summed E-state index contributed by atoms with van der Waals surface area (Å²) in [5, 5.41) is 0. The van der Waals surface area contributed by atoms with Crippen LogP contribution >= 0.6 is 0 Å². The van der Waals surface area contributed by atoms with Gasteiger partial charge in [-0.2, -0.15) is 0 Å². The van der Waals surface area contributed by atoms with E-state index in [1.807, 2.05) is 0 Å². The van der Waals surface area contributed by atoms with E-state index in [9.17, 15) is 0 Å². The fourth-order valence-corrected chi connectivity index (χ4v) is 4.49. The van der Waals surface area contributed by atoms with Gasteiger partial charge >= 0.3 is 0 Å². The number of methoxy groups -OCH3 is 6. The summed E-state index contributed by atoms with van der Waals surface area (Å²) in [6.45, 7) is 0. The van der Waals surface area contributed by atoms with E-state index in [-0.39, 0.29) is 0 Å². The molecule has 3 aromatic carbocycles. The summed E-state index contributed by atoms with van der Waals surface area (Å²) in [4.78, 5) is 0. The first-order valence-corrected chi connectivity index (χ1v) is 10.8. The summed E-state index contributed by atoms with van der Waals surface area (Å²) in [5.41, 5.74) is 7.02. The van der Waals surface area contributed by atoms with Gasteiger partial charge in [0.2, 0.25) is 0 Å². The van der Waals surface area contributed by atoms with Crippen LogP contribution in [0.15, 0.2) is 36.4 Å². The lowest BCUT2D eigenvalue weighted by Gasteiger charge is -2.17. The maximum absolute atomic E-state index is 5.61. The average molecular weight is 451 g/mol. The highest BCUT2D eigenvalue weighted by Gasteiger charge is 2.22. The number of fused-ring (bicyclic) bond motifs is 3. The Morgan fingerprint density at radius 3 is 0.606 bits per heavy atom. The molecule has 6 nitrogen and oxygen atoms in total. The second-order valence-electron chi connectivity index (χ2n) is 7.96. The van der Waals surface area contributed by atoms with Gasteiger partial charge in [-0.15, -0.1) is 0 Å². The highest BCUT2D eigenvalue weighted by molar-refractivity contribution is 5.58. The molecule has 33 heavy (non-hydrogen) atoms. The molecule has 4 rings (SSSR count). The van der Waals surface area contributed by atoms with Gasteiger partial charge in [-0.1, -0.05) is 0 Å². The van der Waals surface area contributed by atoms with Gasteiger partial charge in [0.15, 0.2) is 34.5 Å². The molecule has 0 saturated carbocycles. The Morgan fingerprint density at radius 2 is 0.485 bits per heavy atom. The summed E-state index contributed by atoms with van der Waals surface area (Å²) < 4.78 is 33.6. The van der Waals surface area contributed by atoms with Crippen molar-refractivity contribution >= 4 is 0 Å². The molecule has 0 heterocycles. The standard InChI is InChI=1S/C27H30O6/c1-28-22-10-16-7-18-12-24(30-3)26(32-5)14-20(18)9-21-15-27(33-6)25(31-4)13-19(21)8-17(16)11-23(22)29-2/h10-15H,7-9H2,1-6H3. The first-order valence-electron chi connectivity index (χ1n) is 10.8. The van der Waals surface area contributed by atoms with Crippen molar-refractivity contribution in [2.45, 2.75) is 19.3 Å². The van der Waals surface area contributed by atoms with Crippen molar-refractivity contribution in [3.63, 3.8) is 0 Å². The molecule has 0 aromatic heterocycles. The summed E-state index contributed by atoms with van der Waals surface area (Å²) in [6.07, 6.45) is 2.19. The molecule has 0 atom stereocenters. The van der Waals surface area contributed by atoms with Crippen molar-refractivity contribution in [1.29, 1.82) is 0 Å². The molecule has 0 saturated heterocycles.